The van der Waals surface area contributed by atoms with E-state index in [0.29, 0.717) is 23.3 Å². The molecule has 1 heterocycles. The third-order valence-electron chi connectivity index (χ3n) is 5.85. The van der Waals surface area contributed by atoms with Crippen LogP contribution < -0.4 is 10.3 Å². The number of aromatic carboxylic acids is 1. The molecule has 152 valence electrons. The van der Waals surface area contributed by atoms with Crippen LogP contribution in [-0.4, -0.2) is 40.9 Å². The van der Waals surface area contributed by atoms with Gasteiger partial charge in [-0.05, 0) is 43.2 Å². The van der Waals surface area contributed by atoms with E-state index in [1.165, 1.54) is 12.3 Å². The normalized spacial score (nSPS) is 16.2. The predicted molar refractivity (Wildman–Crippen MR) is 107 cm³/mol. The molecule has 1 aliphatic carbocycles. The summed E-state index contributed by atoms with van der Waals surface area (Å²) in [4.78, 5) is 26.0. The summed E-state index contributed by atoms with van der Waals surface area (Å²) >= 11 is 0. The molecule has 1 saturated carbocycles. The number of carboxylic acids is 1. The highest BCUT2D eigenvalue weighted by molar-refractivity contribution is 5.95. The van der Waals surface area contributed by atoms with Crippen LogP contribution in [0, 0.1) is 24.6 Å². The van der Waals surface area contributed by atoms with E-state index in [9.17, 15) is 19.8 Å². The summed E-state index contributed by atoms with van der Waals surface area (Å²) in [6.45, 7) is 6.33. The summed E-state index contributed by atoms with van der Waals surface area (Å²) in [5.41, 5.74) is 0.648. The average molecular weight is 390 g/mol. The minimum atomic E-state index is -1.30. The van der Waals surface area contributed by atoms with Gasteiger partial charge in [0.05, 0.1) is 11.2 Å². The van der Waals surface area contributed by atoms with E-state index in [1.54, 1.807) is 14.0 Å². The molecule has 28 heavy (non-hydrogen) atoms. The minimum absolute atomic E-state index is 0.0629. The highest BCUT2D eigenvalue weighted by Gasteiger charge is 2.29. The molecule has 2 N–H and O–H groups in total. The maximum Gasteiger partial charge on any atom is 0.341 e. The molecule has 0 amide bonds. The van der Waals surface area contributed by atoms with E-state index in [1.807, 2.05) is 23.3 Å². The molecule has 1 aromatic heterocycles. The Morgan fingerprint density at radius 3 is 2.54 bits per heavy atom. The fourth-order valence-electron chi connectivity index (χ4n) is 3.81. The lowest BCUT2D eigenvalue weighted by Gasteiger charge is -2.29. The number of aryl methyl sites for hydroxylation is 1. The van der Waals surface area contributed by atoms with Crippen LogP contribution in [-0.2, 0) is 0 Å². The molecule has 7 heteroatoms. The second-order valence-electron chi connectivity index (χ2n) is 8.06. The second kappa shape index (κ2) is 7.54. The van der Waals surface area contributed by atoms with Crippen molar-refractivity contribution >= 4 is 22.6 Å². The Labute approximate surface area is 163 Å². The van der Waals surface area contributed by atoms with Gasteiger partial charge >= 0.3 is 5.97 Å². The van der Waals surface area contributed by atoms with Crippen LogP contribution in [0.25, 0.3) is 10.9 Å². The van der Waals surface area contributed by atoms with Crippen LogP contribution in [0.15, 0.2) is 17.1 Å². The van der Waals surface area contributed by atoms with Crippen LogP contribution in [0.4, 0.5) is 10.1 Å². The van der Waals surface area contributed by atoms with Crippen molar-refractivity contribution in [3.63, 3.8) is 0 Å². The molecule has 0 bridgehead atoms. The molecule has 6 nitrogen and oxygen atoms in total. The number of pyridine rings is 1. The fraction of sp³-hybridized carbons (Fsp3) is 0.524. The van der Waals surface area contributed by atoms with Gasteiger partial charge in [-0.1, -0.05) is 13.8 Å². The van der Waals surface area contributed by atoms with Crippen molar-refractivity contribution < 1.29 is 19.4 Å². The van der Waals surface area contributed by atoms with Crippen molar-refractivity contribution in [3.8, 4) is 0 Å². The molecular weight excluding hydrogens is 363 g/mol. The standard InChI is InChI=1S/C21H27FN2O4/c1-11(12(2)10-25)8-23(4)19-13(3)18-15(7-17(19)22)20(26)16(21(27)28)9-24(18)14-5-6-14/h7,9,11-12,14,25H,5-6,8,10H2,1-4H3,(H,27,28). The summed E-state index contributed by atoms with van der Waals surface area (Å²) in [7, 11) is 1.79. The molecule has 3 rings (SSSR count). The summed E-state index contributed by atoms with van der Waals surface area (Å²) in [6.07, 6.45) is 3.21. The molecule has 1 fully saturated rings. The van der Waals surface area contributed by atoms with Gasteiger partial charge in [-0.2, -0.15) is 0 Å². The summed E-state index contributed by atoms with van der Waals surface area (Å²) in [5, 5.41) is 18.8. The SMILES string of the molecule is Cc1c(N(C)CC(C)C(C)CO)c(F)cc2c(=O)c(C(=O)O)cn(C3CC3)c12. The Balaban J connectivity index is 2.19. The molecule has 1 aromatic carbocycles. The molecule has 0 saturated heterocycles. The summed E-state index contributed by atoms with van der Waals surface area (Å²) in [6, 6.07) is 1.30. The van der Waals surface area contributed by atoms with Crippen LogP contribution >= 0.6 is 0 Å². The average Bonchev–Trinajstić information content (AvgIpc) is 3.46. The first-order chi connectivity index (χ1) is 13.2. The van der Waals surface area contributed by atoms with Crippen molar-refractivity contribution in [1.29, 1.82) is 0 Å². The molecule has 0 radical (unpaired) electrons. The molecule has 2 atom stereocenters. The van der Waals surface area contributed by atoms with E-state index in [-0.39, 0.29) is 35.4 Å². The molecule has 2 aromatic rings. The number of carboxylic acid groups (broad SMARTS) is 1. The number of halogens is 1. The predicted octanol–water partition coefficient (Wildman–Crippen LogP) is 3.18. The first-order valence-corrected chi connectivity index (χ1v) is 9.60. The van der Waals surface area contributed by atoms with Gasteiger partial charge in [-0.15, -0.1) is 0 Å². The molecule has 0 aliphatic heterocycles. The number of hydrogen-bond donors (Lipinski definition) is 2. The zero-order valence-corrected chi connectivity index (χ0v) is 16.7. The zero-order valence-electron chi connectivity index (χ0n) is 16.7. The molecule has 1 aliphatic rings. The Bertz CT molecular complexity index is 981. The summed E-state index contributed by atoms with van der Waals surface area (Å²) < 4.78 is 16.9. The van der Waals surface area contributed by atoms with Gasteiger partial charge in [0.2, 0.25) is 5.43 Å². The minimum Gasteiger partial charge on any atom is -0.477 e. The van der Waals surface area contributed by atoms with Crippen LogP contribution in [0.1, 0.15) is 48.7 Å². The number of anilines is 1. The number of aliphatic hydroxyl groups excluding tert-OH is 1. The van der Waals surface area contributed by atoms with Crippen molar-refractivity contribution in [2.24, 2.45) is 11.8 Å². The molecule has 0 spiro atoms. The third-order valence-corrected chi connectivity index (χ3v) is 5.85. The van der Waals surface area contributed by atoms with Gasteiger partial charge in [0.15, 0.2) is 0 Å². The third kappa shape index (κ3) is 3.51. The fourth-order valence-corrected chi connectivity index (χ4v) is 3.81. The highest BCUT2D eigenvalue weighted by atomic mass is 19.1. The van der Waals surface area contributed by atoms with Crippen LogP contribution in [0.3, 0.4) is 0 Å². The lowest BCUT2D eigenvalue weighted by Crippen LogP contribution is -2.30. The second-order valence-corrected chi connectivity index (χ2v) is 8.06. The Morgan fingerprint density at radius 1 is 1.36 bits per heavy atom. The summed E-state index contributed by atoms with van der Waals surface area (Å²) in [5.74, 6) is -1.62. The number of rotatable bonds is 7. The van der Waals surface area contributed by atoms with Crippen molar-refractivity contribution in [1.82, 2.24) is 4.57 Å². The maximum atomic E-state index is 15.0. The Morgan fingerprint density at radius 2 is 2.00 bits per heavy atom. The van der Waals surface area contributed by atoms with E-state index in [0.717, 1.165) is 12.8 Å². The lowest BCUT2D eigenvalue weighted by molar-refractivity contribution is 0.0695. The highest BCUT2D eigenvalue weighted by Crippen LogP contribution is 2.40. The van der Waals surface area contributed by atoms with Crippen molar-refractivity contribution in [3.05, 3.63) is 39.4 Å². The van der Waals surface area contributed by atoms with Gasteiger partial charge in [-0.25, -0.2) is 9.18 Å². The first kappa shape index (κ1) is 20.3. The largest absolute Gasteiger partial charge is 0.477 e. The molecule has 2 unspecified atom stereocenters. The van der Waals surface area contributed by atoms with Gasteiger partial charge in [0.25, 0.3) is 0 Å². The van der Waals surface area contributed by atoms with Crippen molar-refractivity contribution in [2.45, 2.75) is 39.7 Å². The smallest absolute Gasteiger partial charge is 0.341 e. The molecular formula is C21H27FN2O4. The number of carbonyl (C=O) groups is 1. The number of benzene rings is 1. The van der Waals surface area contributed by atoms with Gasteiger partial charge in [-0.3, -0.25) is 4.79 Å². The quantitative estimate of drug-likeness (QED) is 0.759. The zero-order chi connectivity index (χ0) is 20.7. The topological polar surface area (TPSA) is 82.8 Å². The van der Waals surface area contributed by atoms with Gasteiger partial charge < -0.3 is 19.7 Å². The number of aromatic nitrogens is 1. The van der Waals surface area contributed by atoms with E-state index in [2.05, 4.69) is 0 Å². The Hall–Kier alpha value is -2.41. The van der Waals surface area contributed by atoms with Crippen LogP contribution in [0.2, 0.25) is 0 Å². The number of aliphatic hydroxyl groups is 1. The number of nitrogens with zero attached hydrogens (tertiary/aromatic N) is 2. The van der Waals surface area contributed by atoms with E-state index >= 15 is 4.39 Å². The maximum absolute atomic E-state index is 15.0. The first-order valence-electron chi connectivity index (χ1n) is 9.60. The number of hydrogen-bond acceptors (Lipinski definition) is 4. The van der Waals surface area contributed by atoms with Gasteiger partial charge in [0, 0.05) is 37.8 Å². The Kier molecular flexibility index (Phi) is 5.48. The van der Waals surface area contributed by atoms with E-state index < -0.39 is 17.2 Å². The van der Waals surface area contributed by atoms with Gasteiger partial charge in [0.1, 0.15) is 11.4 Å². The van der Waals surface area contributed by atoms with E-state index in [4.69, 9.17) is 0 Å². The lowest BCUT2D eigenvalue weighted by atomic mass is 9.95. The monoisotopic (exact) mass is 390 g/mol. The number of fused-ring (bicyclic) bond motifs is 1. The van der Waals surface area contributed by atoms with Crippen LogP contribution in [0.5, 0.6) is 0 Å². The van der Waals surface area contributed by atoms with Crippen molar-refractivity contribution in [2.75, 3.05) is 25.1 Å².